The highest BCUT2D eigenvalue weighted by Crippen LogP contribution is 2.32. The lowest BCUT2D eigenvalue weighted by Gasteiger charge is -2.13. The first-order valence-corrected chi connectivity index (χ1v) is 8.83. The molecule has 1 fully saturated rings. The third-order valence-electron chi connectivity index (χ3n) is 3.78. The number of aromatic carboxylic acids is 1. The van der Waals surface area contributed by atoms with Gasteiger partial charge in [-0.25, -0.2) is 4.79 Å². The molecule has 8 nitrogen and oxygen atoms in total. The number of amides is 3. The fraction of sp³-hybridized carbons (Fsp3) is 0.0526. The van der Waals surface area contributed by atoms with E-state index in [9.17, 15) is 24.3 Å². The quantitative estimate of drug-likeness (QED) is 0.522. The molecule has 2 aromatic carbocycles. The largest absolute Gasteiger partial charge is 0.507 e. The third kappa shape index (κ3) is 4.21. The van der Waals surface area contributed by atoms with E-state index in [0.29, 0.717) is 0 Å². The zero-order chi connectivity index (χ0) is 20.3. The lowest BCUT2D eigenvalue weighted by molar-refractivity contribution is -0.127. The predicted octanol–water partition coefficient (Wildman–Crippen LogP) is 2.77. The van der Waals surface area contributed by atoms with Crippen LogP contribution in [0.25, 0.3) is 6.08 Å². The van der Waals surface area contributed by atoms with Crippen LogP contribution in [-0.4, -0.2) is 44.7 Å². The molecule has 1 aliphatic rings. The van der Waals surface area contributed by atoms with Crippen molar-refractivity contribution in [2.75, 3.05) is 11.9 Å². The number of hydrogen-bond acceptors (Lipinski definition) is 6. The molecule has 1 heterocycles. The Balaban J connectivity index is 1.70. The van der Waals surface area contributed by atoms with Gasteiger partial charge in [-0.15, -0.1) is 0 Å². The number of benzene rings is 2. The summed E-state index contributed by atoms with van der Waals surface area (Å²) in [4.78, 5) is 48.8. The highest BCUT2D eigenvalue weighted by atomic mass is 32.2. The van der Waals surface area contributed by atoms with E-state index in [2.05, 4.69) is 5.32 Å². The predicted molar refractivity (Wildman–Crippen MR) is 103 cm³/mol. The van der Waals surface area contributed by atoms with Crippen molar-refractivity contribution in [2.24, 2.45) is 0 Å². The Morgan fingerprint density at radius 2 is 1.82 bits per heavy atom. The van der Waals surface area contributed by atoms with Gasteiger partial charge in [0.25, 0.3) is 11.1 Å². The number of nitrogens with one attached hydrogen (secondary N) is 1. The van der Waals surface area contributed by atoms with Crippen LogP contribution >= 0.6 is 11.8 Å². The summed E-state index contributed by atoms with van der Waals surface area (Å²) in [5.41, 5.74) is 0.490. The summed E-state index contributed by atoms with van der Waals surface area (Å²) < 4.78 is 0. The fourth-order valence-electron chi connectivity index (χ4n) is 2.47. The second kappa shape index (κ2) is 7.97. The molecule has 2 aromatic rings. The van der Waals surface area contributed by atoms with Crippen LogP contribution in [0, 0.1) is 0 Å². The topological polar surface area (TPSA) is 124 Å². The fourth-order valence-corrected chi connectivity index (χ4v) is 3.30. The minimum absolute atomic E-state index is 0.118. The summed E-state index contributed by atoms with van der Waals surface area (Å²) in [5, 5.41) is 20.3. The van der Waals surface area contributed by atoms with Gasteiger partial charge in [0.05, 0.1) is 4.91 Å². The maximum Gasteiger partial charge on any atom is 0.339 e. The Morgan fingerprint density at radius 1 is 1.11 bits per heavy atom. The van der Waals surface area contributed by atoms with E-state index in [0.717, 1.165) is 34.4 Å². The van der Waals surface area contributed by atoms with Crippen LogP contribution in [-0.2, 0) is 9.59 Å². The Morgan fingerprint density at radius 3 is 2.50 bits per heavy atom. The third-order valence-corrected chi connectivity index (χ3v) is 4.69. The van der Waals surface area contributed by atoms with Gasteiger partial charge in [-0.3, -0.25) is 19.3 Å². The number of hydrogen-bond donors (Lipinski definition) is 3. The zero-order valence-electron chi connectivity index (χ0n) is 14.3. The lowest BCUT2D eigenvalue weighted by Crippen LogP contribution is -2.36. The van der Waals surface area contributed by atoms with E-state index >= 15 is 0 Å². The highest BCUT2D eigenvalue weighted by molar-refractivity contribution is 8.18. The van der Waals surface area contributed by atoms with Gasteiger partial charge in [-0.1, -0.05) is 30.3 Å². The van der Waals surface area contributed by atoms with Crippen molar-refractivity contribution in [2.45, 2.75) is 0 Å². The standard InChI is InChI=1S/C19H14N2O6S/c22-14-7-6-12(9-13(14)18(25)26)20-16(23)10-21-17(24)15(28-19(21)27)8-11-4-2-1-3-5-11/h1-9,22H,10H2,(H,20,23)(H,25,26)/b15-8+. The molecule has 142 valence electrons. The molecule has 0 unspecified atom stereocenters. The van der Waals surface area contributed by atoms with Crippen molar-refractivity contribution in [1.82, 2.24) is 4.90 Å². The van der Waals surface area contributed by atoms with Crippen LogP contribution in [0.15, 0.2) is 53.4 Å². The molecule has 0 aromatic heterocycles. The number of phenols is 1. The van der Waals surface area contributed by atoms with E-state index < -0.39 is 35.3 Å². The number of aromatic hydroxyl groups is 1. The first kappa shape index (κ1) is 19.2. The number of imide groups is 1. The van der Waals surface area contributed by atoms with Crippen LogP contribution in [0.1, 0.15) is 15.9 Å². The minimum Gasteiger partial charge on any atom is -0.507 e. The van der Waals surface area contributed by atoms with Crippen molar-refractivity contribution >= 4 is 46.5 Å². The maximum absolute atomic E-state index is 12.4. The summed E-state index contributed by atoms with van der Waals surface area (Å²) >= 11 is 0.741. The Bertz CT molecular complexity index is 1000. The summed E-state index contributed by atoms with van der Waals surface area (Å²) in [6.07, 6.45) is 1.57. The molecule has 3 amide bonds. The van der Waals surface area contributed by atoms with Gasteiger partial charge >= 0.3 is 5.97 Å². The molecular weight excluding hydrogens is 384 g/mol. The minimum atomic E-state index is -1.36. The van der Waals surface area contributed by atoms with Gasteiger partial charge < -0.3 is 15.5 Å². The number of thioether (sulfide) groups is 1. The molecule has 0 radical (unpaired) electrons. The summed E-state index contributed by atoms with van der Waals surface area (Å²) in [5.74, 6) is -3.05. The molecular formula is C19H14N2O6S. The van der Waals surface area contributed by atoms with Crippen molar-refractivity contribution in [3.8, 4) is 5.75 Å². The van der Waals surface area contributed by atoms with E-state index in [1.807, 2.05) is 6.07 Å². The van der Waals surface area contributed by atoms with Crippen LogP contribution in [0.4, 0.5) is 10.5 Å². The Kier molecular flexibility index (Phi) is 5.46. The molecule has 0 aliphatic carbocycles. The van der Waals surface area contributed by atoms with E-state index in [-0.39, 0.29) is 16.2 Å². The van der Waals surface area contributed by atoms with Crippen LogP contribution in [0.2, 0.25) is 0 Å². The van der Waals surface area contributed by atoms with Gasteiger partial charge in [-0.2, -0.15) is 0 Å². The van der Waals surface area contributed by atoms with Crippen LogP contribution in [0.3, 0.4) is 0 Å². The number of nitrogens with zero attached hydrogens (tertiary/aromatic N) is 1. The monoisotopic (exact) mass is 398 g/mol. The van der Waals surface area contributed by atoms with Gasteiger partial charge in [0.15, 0.2) is 0 Å². The first-order valence-electron chi connectivity index (χ1n) is 8.02. The molecule has 28 heavy (non-hydrogen) atoms. The molecule has 1 aliphatic heterocycles. The lowest BCUT2D eigenvalue weighted by atomic mass is 10.2. The molecule has 0 saturated carbocycles. The number of carbonyl (C=O) groups excluding carboxylic acids is 3. The first-order chi connectivity index (χ1) is 13.3. The summed E-state index contributed by atoms with van der Waals surface area (Å²) in [6.45, 7) is -0.514. The summed E-state index contributed by atoms with van der Waals surface area (Å²) in [7, 11) is 0. The Hall–Kier alpha value is -3.59. The number of carbonyl (C=O) groups is 4. The van der Waals surface area contributed by atoms with Gasteiger partial charge in [0.1, 0.15) is 17.9 Å². The Labute approximate surface area is 163 Å². The molecule has 1 saturated heterocycles. The zero-order valence-corrected chi connectivity index (χ0v) is 15.1. The average Bonchev–Trinajstić information content (AvgIpc) is 2.91. The molecule has 9 heteroatoms. The van der Waals surface area contributed by atoms with Crippen molar-refractivity contribution < 1.29 is 29.4 Å². The number of carboxylic acids is 1. The number of rotatable bonds is 5. The van der Waals surface area contributed by atoms with Crippen molar-refractivity contribution in [1.29, 1.82) is 0 Å². The number of anilines is 1. The van der Waals surface area contributed by atoms with Crippen LogP contribution < -0.4 is 5.32 Å². The average molecular weight is 398 g/mol. The second-order valence-electron chi connectivity index (χ2n) is 5.76. The van der Waals surface area contributed by atoms with Gasteiger partial charge in [0, 0.05) is 5.69 Å². The maximum atomic E-state index is 12.4. The molecule has 3 rings (SSSR count). The highest BCUT2D eigenvalue weighted by Gasteiger charge is 2.36. The molecule has 3 N–H and O–H groups in total. The molecule has 0 spiro atoms. The van der Waals surface area contributed by atoms with Gasteiger partial charge in [-0.05, 0) is 41.6 Å². The van der Waals surface area contributed by atoms with Crippen molar-refractivity contribution in [3.63, 3.8) is 0 Å². The smallest absolute Gasteiger partial charge is 0.339 e. The number of carboxylic acid groups (broad SMARTS) is 1. The molecule has 0 bridgehead atoms. The summed E-state index contributed by atoms with van der Waals surface area (Å²) in [6, 6.07) is 12.5. The van der Waals surface area contributed by atoms with Gasteiger partial charge in [0.2, 0.25) is 5.91 Å². The van der Waals surface area contributed by atoms with E-state index in [4.69, 9.17) is 5.11 Å². The van der Waals surface area contributed by atoms with Crippen molar-refractivity contribution in [3.05, 3.63) is 64.6 Å². The second-order valence-corrected chi connectivity index (χ2v) is 6.76. The molecule has 0 atom stereocenters. The van der Waals surface area contributed by atoms with E-state index in [1.54, 1.807) is 30.3 Å². The SMILES string of the molecule is O=C(CN1C(=O)S/C(=C/c2ccccc2)C1=O)Nc1ccc(O)c(C(=O)O)c1. The normalized spacial score (nSPS) is 15.1. The van der Waals surface area contributed by atoms with E-state index in [1.165, 1.54) is 6.07 Å². The van der Waals surface area contributed by atoms with Crippen LogP contribution in [0.5, 0.6) is 5.75 Å².